The number of aromatic hydroxyl groups is 5. The Morgan fingerprint density at radius 1 is 0.349 bits per heavy atom. The third-order valence-corrected chi connectivity index (χ3v) is 13.4. The zero-order valence-electron chi connectivity index (χ0n) is 33.8. The van der Waals surface area contributed by atoms with Gasteiger partial charge in [-0.25, -0.2) is 0 Å². The Bertz CT molecular complexity index is 3690. The molecule has 0 saturated carbocycles. The normalized spacial score (nSPS) is 14.9. The standard InChI is InChI=1S/C58H38O5/c59-54-53(55(60)57(62)58(63)56(54)61)52-43-16-7-6-15-42(43)49(45-29-27-39(31-47(45)52)32-9-2-1-3-10-32)37-21-17-33(18-22-37)34-19-23-38(24-20-34)50-41-14-5-4-13-40(41)44-28-25-35-11-8-12-36-26-30-46(50)51(44)48(35)36/h1-30,47,59-63H,31H2. The zero-order valence-corrected chi connectivity index (χ0v) is 33.8. The second kappa shape index (κ2) is 13.9. The van der Waals surface area contributed by atoms with E-state index in [1.807, 2.05) is 42.5 Å². The molecule has 63 heavy (non-hydrogen) atoms. The van der Waals surface area contributed by atoms with Crippen molar-refractivity contribution in [3.8, 4) is 51.0 Å². The fraction of sp³-hybridized carbons (Fsp3) is 0.0345. The maximum atomic E-state index is 11.3. The van der Waals surface area contributed by atoms with E-state index in [1.165, 1.54) is 48.7 Å². The first-order chi connectivity index (χ1) is 30.9. The van der Waals surface area contributed by atoms with Gasteiger partial charge in [0.1, 0.15) is 0 Å². The largest absolute Gasteiger partial charge is 0.504 e. The second-order valence-corrected chi connectivity index (χ2v) is 16.6. The first kappa shape index (κ1) is 36.6. The summed E-state index contributed by atoms with van der Waals surface area (Å²) in [5.41, 5.74) is 10.1. The molecule has 2 aliphatic rings. The van der Waals surface area contributed by atoms with Crippen LogP contribution < -0.4 is 10.4 Å². The highest BCUT2D eigenvalue weighted by Crippen LogP contribution is 2.56. The smallest absolute Gasteiger partial charge is 0.208 e. The molecule has 10 aromatic rings. The van der Waals surface area contributed by atoms with Crippen LogP contribution in [-0.2, 0) is 0 Å². The van der Waals surface area contributed by atoms with Gasteiger partial charge in [-0.1, -0.05) is 182 Å². The molecule has 0 spiro atoms. The Balaban J connectivity index is 0.997. The lowest BCUT2D eigenvalue weighted by Gasteiger charge is -2.33. The molecule has 1 atom stereocenters. The molecule has 0 bridgehead atoms. The van der Waals surface area contributed by atoms with E-state index in [2.05, 4.69) is 140 Å². The number of allylic oxidation sites excluding steroid dienone is 4. The van der Waals surface area contributed by atoms with Crippen molar-refractivity contribution in [1.82, 2.24) is 0 Å². The molecule has 0 amide bonds. The van der Waals surface area contributed by atoms with Crippen LogP contribution in [0.25, 0.3) is 82.1 Å². The number of hydrogen-bond donors (Lipinski definition) is 5. The summed E-state index contributed by atoms with van der Waals surface area (Å²) in [5, 5.41) is 66.2. The Kier molecular flexibility index (Phi) is 8.05. The lowest BCUT2D eigenvalue weighted by atomic mass is 9.70. The minimum atomic E-state index is -0.981. The predicted molar refractivity (Wildman–Crippen MR) is 255 cm³/mol. The molecule has 0 fully saturated rings. The van der Waals surface area contributed by atoms with Crippen LogP contribution >= 0.6 is 0 Å². The van der Waals surface area contributed by atoms with Crippen LogP contribution in [0, 0.1) is 5.92 Å². The SMILES string of the molecule is Oc1c(O)c(O)c(C2=c3ccccc3=C(c3ccc(-c4ccc(-c5c6ccccc6c6ccc7cccc8ccc5c6c87)cc4)cc3)C3=CC=C(c4ccccc4)CC32)c(O)c1O. The molecule has 12 rings (SSSR count). The van der Waals surface area contributed by atoms with Gasteiger partial charge in [-0.15, -0.1) is 0 Å². The van der Waals surface area contributed by atoms with Gasteiger partial charge in [0.25, 0.3) is 0 Å². The molecule has 10 aromatic carbocycles. The molecule has 2 aliphatic carbocycles. The van der Waals surface area contributed by atoms with Gasteiger partial charge in [0.05, 0.1) is 5.56 Å². The Morgan fingerprint density at radius 3 is 1.59 bits per heavy atom. The van der Waals surface area contributed by atoms with Crippen LogP contribution in [0.2, 0.25) is 0 Å². The van der Waals surface area contributed by atoms with E-state index < -0.39 is 34.7 Å². The van der Waals surface area contributed by atoms with Crippen LogP contribution in [0.5, 0.6) is 28.7 Å². The van der Waals surface area contributed by atoms with Gasteiger partial charge in [0.15, 0.2) is 11.5 Å². The number of fused-ring (bicyclic) bond motifs is 4. The van der Waals surface area contributed by atoms with Crippen molar-refractivity contribution < 1.29 is 25.5 Å². The average Bonchev–Trinajstić information content (AvgIpc) is 3.34. The van der Waals surface area contributed by atoms with E-state index in [-0.39, 0.29) is 5.56 Å². The van der Waals surface area contributed by atoms with Gasteiger partial charge in [0, 0.05) is 5.92 Å². The molecular formula is C58H38O5. The van der Waals surface area contributed by atoms with E-state index in [9.17, 15) is 25.5 Å². The van der Waals surface area contributed by atoms with E-state index in [1.54, 1.807) is 0 Å². The van der Waals surface area contributed by atoms with Crippen molar-refractivity contribution in [2.45, 2.75) is 6.42 Å². The van der Waals surface area contributed by atoms with Crippen LogP contribution in [0.3, 0.4) is 0 Å². The molecule has 0 aliphatic heterocycles. The van der Waals surface area contributed by atoms with Crippen molar-refractivity contribution in [3.63, 3.8) is 0 Å². The lowest BCUT2D eigenvalue weighted by molar-refractivity contribution is 0.327. The number of phenols is 5. The molecule has 0 radical (unpaired) electrons. The highest BCUT2D eigenvalue weighted by Gasteiger charge is 2.36. The Labute approximate surface area is 362 Å². The van der Waals surface area contributed by atoms with Gasteiger partial charge in [-0.05, 0) is 116 Å². The molecule has 5 heteroatoms. The van der Waals surface area contributed by atoms with Crippen molar-refractivity contribution in [2.24, 2.45) is 5.92 Å². The van der Waals surface area contributed by atoms with Crippen LogP contribution in [0.4, 0.5) is 0 Å². The van der Waals surface area contributed by atoms with E-state index in [0.717, 1.165) is 55.0 Å². The average molecular weight is 815 g/mol. The van der Waals surface area contributed by atoms with Gasteiger partial charge in [-0.2, -0.15) is 0 Å². The van der Waals surface area contributed by atoms with E-state index >= 15 is 0 Å². The van der Waals surface area contributed by atoms with Crippen LogP contribution in [0.1, 0.15) is 23.1 Å². The third kappa shape index (κ3) is 5.43. The summed E-state index contributed by atoms with van der Waals surface area (Å²) >= 11 is 0. The highest BCUT2D eigenvalue weighted by atomic mass is 16.4. The summed E-state index contributed by atoms with van der Waals surface area (Å²) in [6.07, 6.45) is 4.74. The van der Waals surface area contributed by atoms with Crippen molar-refractivity contribution in [2.75, 3.05) is 0 Å². The third-order valence-electron chi connectivity index (χ3n) is 13.4. The Hall–Kier alpha value is -8.28. The summed E-state index contributed by atoms with van der Waals surface area (Å²) in [4.78, 5) is 0. The molecule has 5 nitrogen and oxygen atoms in total. The van der Waals surface area contributed by atoms with Gasteiger partial charge in [-0.3, -0.25) is 0 Å². The maximum Gasteiger partial charge on any atom is 0.208 e. The molecule has 0 heterocycles. The second-order valence-electron chi connectivity index (χ2n) is 16.6. The number of rotatable bonds is 5. The zero-order chi connectivity index (χ0) is 42.5. The molecule has 0 aromatic heterocycles. The summed E-state index contributed by atoms with van der Waals surface area (Å²) in [7, 11) is 0. The van der Waals surface area contributed by atoms with Crippen LogP contribution in [0.15, 0.2) is 188 Å². The fourth-order valence-electron chi connectivity index (χ4n) is 10.5. The first-order valence-corrected chi connectivity index (χ1v) is 21.1. The predicted octanol–water partition coefficient (Wildman–Crippen LogP) is 12.0. The molecular weight excluding hydrogens is 777 g/mol. The maximum absolute atomic E-state index is 11.3. The van der Waals surface area contributed by atoms with Gasteiger partial charge in [0.2, 0.25) is 17.2 Å². The lowest BCUT2D eigenvalue weighted by Crippen LogP contribution is -2.38. The molecule has 1 unspecified atom stereocenters. The minimum Gasteiger partial charge on any atom is -0.504 e. The highest BCUT2D eigenvalue weighted by molar-refractivity contribution is 6.33. The molecule has 5 N–H and O–H groups in total. The quantitative estimate of drug-likeness (QED) is 0.0516. The van der Waals surface area contributed by atoms with E-state index in [0.29, 0.717) is 12.0 Å². The van der Waals surface area contributed by atoms with Crippen molar-refractivity contribution in [1.29, 1.82) is 0 Å². The summed E-state index contributed by atoms with van der Waals surface area (Å²) in [6, 6.07) is 59.7. The molecule has 300 valence electrons. The van der Waals surface area contributed by atoms with Crippen molar-refractivity contribution >= 4 is 59.8 Å². The monoisotopic (exact) mass is 814 g/mol. The number of benzene rings is 10. The number of phenolic OH excluding ortho intramolecular Hbond substituents is 5. The number of hydrogen-bond acceptors (Lipinski definition) is 5. The van der Waals surface area contributed by atoms with Crippen molar-refractivity contribution in [3.05, 3.63) is 215 Å². The van der Waals surface area contributed by atoms with Gasteiger partial charge >= 0.3 is 0 Å². The summed E-state index contributed by atoms with van der Waals surface area (Å²) < 4.78 is 0. The first-order valence-electron chi connectivity index (χ1n) is 21.1. The fourth-order valence-corrected chi connectivity index (χ4v) is 10.5. The topological polar surface area (TPSA) is 101 Å². The van der Waals surface area contributed by atoms with E-state index in [4.69, 9.17) is 0 Å². The molecule has 0 saturated heterocycles. The van der Waals surface area contributed by atoms with Gasteiger partial charge < -0.3 is 25.5 Å². The summed E-state index contributed by atoms with van der Waals surface area (Å²) in [5.74, 6) is -4.58. The van der Waals surface area contributed by atoms with Crippen LogP contribution in [-0.4, -0.2) is 25.5 Å². The summed E-state index contributed by atoms with van der Waals surface area (Å²) in [6.45, 7) is 0. The Morgan fingerprint density at radius 2 is 0.905 bits per heavy atom. The minimum absolute atomic E-state index is 0.117.